The molecule has 0 aliphatic heterocycles. The van der Waals surface area contributed by atoms with E-state index < -0.39 is 22.1 Å². The number of aryl methyl sites for hydroxylation is 1. The van der Waals surface area contributed by atoms with Crippen molar-refractivity contribution >= 4 is 23.7 Å². The minimum Gasteiger partial charge on any atom is -0.872 e. The second kappa shape index (κ2) is 7.87. The highest BCUT2D eigenvalue weighted by Gasteiger charge is 2.09. The largest absolute Gasteiger partial charge is 0.872 e. The molecule has 138 valence electrons. The Hall–Kier alpha value is -3.40. The van der Waals surface area contributed by atoms with Gasteiger partial charge in [-0.15, -0.1) is 15.9 Å². The summed E-state index contributed by atoms with van der Waals surface area (Å²) in [4.78, 5) is 10.0. The van der Waals surface area contributed by atoms with E-state index in [1.54, 1.807) is 0 Å². The summed E-state index contributed by atoms with van der Waals surface area (Å²) < 4.78 is 1.36. The van der Waals surface area contributed by atoms with E-state index in [9.17, 15) is 20.3 Å². The van der Waals surface area contributed by atoms with Crippen LogP contribution in [0.25, 0.3) is 0 Å². The van der Waals surface area contributed by atoms with Crippen molar-refractivity contribution in [2.24, 2.45) is 5.10 Å². The Morgan fingerprint density at radius 1 is 1.22 bits per heavy atom. The fraction of sp³-hybridized carbons (Fsp3) is 0.118. The monoisotopic (exact) mass is 383 g/mol. The molecular weight excluding hydrogens is 370 g/mol. The summed E-state index contributed by atoms with van der Waals surface area (Å²) in [7, 11) is 0. The van der Waals surface area contributed by atoms with Gasteiger partial charge in [-0.05, 0) is 23.8 Å². The summed E-state index contributed by atoms with van der Waals surface area (Å²) in [6.45, 7) is 2.01. The highest BCUT2D eigenvalue weighted by atomic mass is 32.2. The highest BCUT2D eigenvalue weighted by molar-refractivity contribution is 7.98. The van der Waals surface area contributed by atoms with Crippen LogP contribution in [0.3, 0.4) is 0 Å². The Kier molecular flexibility index (Phi) is 5.36. The molecule has 0 atom stereocenters. The van der Waals surface area contributed by atoms with Gasteiger partial charge in [-0.25, -0.2) is 0 Å². The Labute approximate surface area is 158 Å². The van der Waals surface area contributed by atoms with Crippen molar-refractivity contribution < 1.29 is 15.1 Å². The first kappa shape index (κ1) is 18.4. The Morgan fingerprint density at radius 3 is 2.67 bits per heavy atom. The molecule has 0 aliphatic rings. The van der Waals surface area contributed by atoms with Gasteiger partial charge in [0.15, 0.2) is 0 Å². The van der Waals surface area contributed by atoms with Crippen molar-refractivity contribution in [2.45, 2.75) is 17.8 Å². The van der Waals surface area contributed by atoms with Gasteiger partial charge in [0.25, 0.3) is 5.69 Å². The number of nitro benzene ring substituents is 1. The van der Waals surface area contributed by atoms with E-state index in [2.05, 4.69) is 15.3 Å². The van der Waals surface area contributed by atoms with Crippen LogP contribution in [-0.4, -0.2) is 26.0 Å². The fourth-order valence-electron chi connectivity index (χ4n) is 2.16. The van der Waals surface area contributed by atoms with Gasteiger partial charge in [0.05, 0.1) is 11.1 Å². The quantitative estimate of drug-likeness (QED) is 0.274. The SMILES string of the molecule is Cc1ccc(CSc2nncn2/N=C\c2cc([N+](=O)[O-])c([O-])cc2[O-])cc1. The second-order valence-electron chi connectivity index (χ2n) is 5.59. The van der Waals surface area contributed by atoms with Gasteiger partial charge in [0.1, 0.15) is 6.33 Å². The smallest absolute Gasteiger partial charge is 0.262 e. The molecular formula is C17H13N5O4S-2. The zero-order chi connectivity index (χ0) is 19.4. The Morgan fingerprint density at radius 2 is 1.96 bits per heavy atom. The van der Waals surface area contributed by atoms with Gasteiger partial charge in [-0.3, -0.25) is 10.1 Å². The van der Waals surface area contributed by atoms with E-state index in [4.69, 9.17) is 0 Å². The van der Waals surface area contributed by atoms with E-state index in [1.165, 1.54) is 28.3 Å². The average molecular weight is 383 g/mol. The number of hydrogen-bond donors (Lipinski definition) is 0. The van der Waals surface area contributed by atoms with Crippen LogP contribution in [0.5, 0.6) is 11.5 Å². The average Bonchev–Trinajstić information content (AvgIpc) is 3.07. The van der Waals surface area contributed by atoms with Crippen LogP contribution < -0.4 is 10.2 Å². The molecule has 3 aromatic rings. The molecule has 9 nitrogen and oxygen atoms in total. The molecule has 27 heavy (non-hydrogen) atoms. The van der Waals surface area contributed by atoms with Crippen LogP contribution in [0.2, 0.25) is 0 Å². The number of nitro groups is 1. The maximum absolute atomic E-state index is 11.8. The lowest BCUT2D eigenvalue weighted by atomic mass is 10.2. The van der Waals surface area contributed by atoms with Crippen LogP contribution in [0, 0.1) is 17.0 Å². The van der Waals surface area contributed by atoms with Crippen LogP contribution in [0.15, 0.2) is 53.0 Å². The van der Waals surface area contributed by atoms with Crippen molar-refractivity contribution in [2.75, 3.05) is 0 Å². The normalized spacial score (nSPS) is 11.1. The lowest BCUT2D eigenvalue weighted by molar-refractivity contribution is -0.398. The second-order valence-corrected chi connectivity index (χ2v) is 6.53. The van der Waals surface area contributed by atoms with Crippen LogP contribution in [0.4, 0.5) is 5.69 Å². The minimum atomic E-state index is -0.930. The third kappa shape index (κ3) is 4.42. The van der Waals surface area contributed by atoms with Gasteiger partial charge in [-0.1, -0.05) is 47.7 Å². The van der Waals surface area contributed by atoms with Gasteiger partial charge in [0, 0.05) is 11.8 Å². The van der Waals surface area contributed by atoms with Crippen LogP contribution >= 0.6 is 11.8 Å². The van der Waals surface area contributed by atoms with Crippen LogP contribution in [0.1, 0.15) is 16.7 Å². The zero-order valence-electron chi connectivity index (χ0n) is 14.1. The molecule has 0 saturated carbocycles. The molecule has 0 spiro atoms. The molecule has 1 heterocycles. The van der Waals surface area contributed by atoms with E-state index in [0.717, 1.165) is 17.8 Å². The number of nitrogens with zero attached hydrogens (tertiary/aromatic N) is 5. The maximum Gasteiger partial charge on any atom is 0.262 e. The number of thioether (sulfide) groups is 1. The summed E-state index contributed by atoms with van der Waals surface area (Å²) in [5.74, 6) is -0.922. The van der Waals surface area contributed by atoms with Gasteiger partial charge in [0.2, 0.25) is 5.16 Å². The van der Waals surface area contributed by atoms with Gasteiger partial charge < -0.3 is 10.2 Å². The van der Waals surface area contributed by atoms with Crippen molar-refractivity contribution in [3.63, 3.8) is 0 Å². The van der Waals surface area contributed by atoms with Crippen molar-refractivity contribution in [1.82, 2.24) is 14.9 Å². The first-order chi connectivity index (χ1) is 12.9. The molecule has 10 heteroatoms. The van der Waals surface area contributed by atoms with Crippen LogP contribution in [-0.2, 0) is 5.75 Å². The molecule has 0 saturated heterocycles. The number of hydrogen-bond acceptors (Lipinski definition) is 8. The molecule has 0 amide bonds. The van der Waals surface area contributed by atoms with Crippen molar-refractivity contribution in [1.29, 1.82) is 0 Å². The number of aromatic nitrogens is 3. The predicted molar refractivity (Wildman–Crippen MR) is 95.7 cm³/mol. The molecule has 0 unspecified atom stereocenters. The summed E-state index contributed by atoms with van der Waals surface area (Å²) in [5.41, 5.74) is 1.54. The fourth-order valence-corrected chi connectivity index (χ4v) is 2.98. The van der Waals surface area contributed by atoms with E-state index in [1.807, 2.05) is 31.2 Å². The van der Waals surface area contributed by atoms with E-state index >= 15 is 0 Å². The van der Waals surface area contributed by atoms with Gasteiger partial charge in [-0.2, -0.15) is 9.78 Å². The molecule has 0 bridgehead atoms. The topological polar surface area (TPSA) is 132 Å². The molecule has 2 aromatic carbocycles. The van der Waals surface area contributed by atoms with E-state index in [-0.39, 0.29) is 5.56 Å². The Balaban J connectivity index is 1.77. The molecule has 0 radical (unpaired) electrons. The summed E-state index contributed by atoms with van der Waals surface area (Å²) in [5, 5.41) is 46.5. The van der Waals surface area contributed by atoms with Crippen molar-refractivity contribution in [3.05, 3.63) is 69.5 Å². The molecule has 0 N–H and O–H groups in total. The third-order valence-corrected chi connectivity index (χ3v) is 4.60. The third-order valence-electron chi connectivity index (χ3n) is 3.60. The first-order valence-corrected chi connectivity index (χ1v) is 8.72. The number of rotatable bonds is 6. The zero-order valence-corrected chi connectivity index (χ0v) is 14.9. The lowest BCUT2D eigenvalue weighted by Crippen LogP contribution is -2.04. The minimum absolute atomic E-state index is 0.0653. The first-order valence-electron chi connectivity index (χ1n) is 7.73. The lowest BCUT2D eigenvalue weighted by Gasteiger charge is -2.15. The molecule has 0 aliphatic carbocycles. The standard InChI is InChI=1S/C17H15N5O4S/c1-11-2-4-12(5-3-11)9-27-17-20-18-10-21(17)19-8-13-6-14(22(25)26)16(24)7-15(13)23/h2-8,10,23-24H,9H2,1H3/p-2/b19-8-. The predicted octanol–water partition coefficient (Wildman–Crippen LogP) is 1.82. The summed E-state index contributed by atoms with van der Waals surface area (Å²) >= 11 is 1.40. The summed E-state index contributed by atoms with van der Waals surface area (Å²) in [6.07, 6.45) is 2.50. The van der Waals surface area contributed by atoms with Crippen molar-refractivity contribution in [3.8, 4) is 11.5 Å². The molecule has 0 fully saturated rings. The summed E-state index contributed by atoms with van der Waals surface area (Å²) in [6, 6.07) is 9.65. The highest BCUT2D eigenvalue weighted by Crippen LogP contribution is 2.28. The Bertz CT molecular complexity index is 1000. The number of benzene rings is 2. The van der Waals surface area contributed by atoms with Gasteiger partial charge >= 0.3 is 0 Å². The maximum atomic E-state index is 11.8. The molecule has 3 rings (SSSR count). The molecule has 1 aromatic heterocycles. The van der Waals surface area contributed by atoms with E-state index in [0.29, 0.717) is 17.0 Å².